The Balaban J connectivity index is 2.01. The molecule has 96 valence electrons. The molecule has 3 nitrogen and oxygen atoms in total. The highest BCUT2D eigenvalue weighted by atomic mass is 16.5. The zero-order valence-electron chi connectivity index (χ0n) is 11.0. The number of benzene rings is 1. The second-order valence-electron chi connectivity index (χ2n) is 5.19. The minimum atomic E-state index is -0.235. The highest BCUT2D eigenvalue weighted by Gasteiger charge is 2.38. The molecule has 0 aromatic heterocycles. The zero-order chi connectivity index (χ0) is 12.7. The Morgan fingerprint density at radius 1 is 1.44 bits per heavy atom. The van der Waals surface area contributed by atoms with Crippen molar-refractivity contribution in [3.63, 3.8) is 0 Å². The lowest BCUT2D eigenvalue weighted by molar-refractivity contribution is 0.0600. The summed E-state index contributed by atoms with van der Waals surface area (Å²) in [6.07, 6.45) is 3.62. The fourth-order valence-corrected chi connectivity index (χ4v) is 3.56. The minimum Gasteiger partial charge on any atom is -0.465 e. The maximum absolute atomic E-state index is 11.6. The predicted octanol–water partition coefficient (Wildman–Crippen LogP) is 2.55. The summed E-state index contributed by atoms with van der Waals surface area (Å²) in [7, 11) is 1.44. The normalized spacial score (nSPS) is 25.9. The number of ether oxygens (including phenoxy) is 1. The second kappa shape index (κ2) is 4.39. The van der Waals surface area contributed by atoms with E-state index in [0.29, 0.717) is 17.6 Å². The van der Waals surface area contributed by atoms with Gasteiger partial charge in [-0.25, -0.2) is 4.79 Å². The van der Waals surface area contributed by atoms with E-state index >= 15 is 0 Å². The fourth-order valence-electron chi connectivity index (χ4n) is 3.56. The van der Waals surface area contributed by atoms with Gasteiger partial charge in [0.15, 0.2) is 0 Å². The van der Waals surface area contributed by atoms with Crippen LogP contribution in [-0.2, 0) is 11.2 Å². The topological polar surface area (TPSA) is 29.5 Å². The van der Waals surface area contributed by atoms with Crippen LogP contribution in [0.3, 0.4) is 0 Å². The van der Waals surface area contributed by atoms with Crippen molar-refractivity contribution in [2.24, 2.45) is 0 Å². The van der Waals surface area contributed by atoms with Crippen molar-refractivity contribution in [1.82, 2.24) is 4.90 Å². The number of methoxy groups -OCH3 is 1. The van der Waals surface area contributed by atoms with Gasteiger partial charge < -0.3 is 4.74 Å². The molecule has 2 aliphatic heterocycles. The first-order chi connectivity index (χ1) is 8.74. The Kier molecular flexibility index (Phi) is 2.86. The van der Waals surface area contributed by atoms with Crippen LogP contribution < -0.4 is 0 Å². The molecule has 0 spiro atoms. The first-order valence-electron chi connectivity index (χ1n) is 6.71. The summed E-state index contributed by atoms with van der Waals surface area (Å²) in [6.45, 7) is 3.32. The number of carbonyl (C=O) groups excluding carboxylic acids is 1. The van der Waals surface area contributed by atoms with Crippen LogP contribution in [-0.4, -0.2) is 30.6 Å². The average Bonchev–Trinajstić information content (AvgIpc) is 2.72. The number of carbonyl (C=O) groups is 1. The first kappa shape index (κ1) is 11.7. The number of fused-ring (bicyclic) bond motifs is 4. The summed E-state index contributed by atoms with van der Waals surface area (Å²) in [4.78, 5) is 14.2. The Morgan fingerprint density at radius 2 is 2.28 bits per heavy atom. The number of rotatable bonds is 2. The summed E-state index contributed by atoms with van der Waals surface area (Å²) >= 11 is 0. The molecule has 0 aliphatic carbocycles. The van der Waals surface area contributed by atoms with Crippen LogP contribution in [0.15, 0.2) is 18.2 Å². The summed E-state index contributed by atoms with van der Waals surface area (Å²) in [6, 6.07) is 7.26. The van der Waals surface area contributed by atoms with Gasteiger partial charge in [-0.2, -0.15) is 0 Å². The third-order valence-electron chi connectivity index (χ3n) is 4.39. The van der Waals surface area contributed by atoms with Gasteiger partial charge in [0.05, 0.1) is 12.7 Å². The van der Waals surface area contributed by atoms with E-state index in [1.165, 1.54) is 31.1 Å². The number of nitrogens with zero attached hydrogens (tertiary/aromatic N) is 1. The largest absolute Gasteiger partial charge is 0.465 e. The van der Waals surface area contributed by atoms with E-state index in [0.717, 1.165) is 13.0 Å². The number of hydrogen-bond donors (Lipinski definition) is 0. The summed E-state index contributed by atoms with van der Waals surface area (Å²) in [5.41, 5.74) is 3.44. The molecule has 0 amide bonds. The molecule has 0 radical (unpaired) electrons. The number of esters is 1. The minimum absolute atomic E-state index is 0.235. The first-order valence-corrected chi connectivity index (χ1v) is 6.71. The van der Waals surface area contributed by atoms with E-state index in [9.17, 15) is 4.79 Å². The molecule has 2 heterocycles. The van der Waals surface area contributed by atoms with Gasteiger partial charge in [-0.3, -0.25) is 4.90 Å². The van der Waals surface area contributed by atoms with Crippen molar-refractivity contribution < 1.29 is 9.53 Å². The molecule has 1 aromatic rings. The van der Waals surface area contributed by atoms with Crippen LogP contribution in [0.2, 0.25) is 0 Å². The number of likely N-dealkylation sites (N-methyl/N-ethyl adjacent to an activating group) is 1. The van der Waals surface area contributed by atoms with Crippen molar-refractivity contribution in [2.45, 2.75) is 38.3 Å². The average molecular weight is 245 g/mol. The van der Waals surface area contributed by atoms with E-state index in [1.54, 1.807) is 0 Å². The van der Waals surface area contributed by atoms with Gasteiger partial charge in [0.2, 0.25) is 0 Å². The lowest BCUT2D eigenvalue weighted by atomic mass is 9.91. The zero-order valence-corrected chi connectivity index (χ0v) is 11.0. The molecular weight excluding hydrogens is 226 g/mol. The quantitative estimate of drug-likeness (QED) is 0.750. The van der Waals surface area contributed by atoms with E-state index in [-0.39, 0.29) is 5.97 Å². The summed E-state index contributed by atoms with van der Waals surface area (Å²) in [5, 5.41) is 0. The second-order valence-corrected chi connectivity index (χ2v) is 5.19. The van der Waals surface area contributed by atoms with Crippen molar-refractivity contribution in [2.75, 3.05) is 13.7 Å². The van der Waals surface area contributed by atoms with Crippen LogP contribution in [0, 0.1) is 0 Å². The molecule has 1 aromatic carbocycles. The molecule has 2 atom stereocenters. The standard InChI is InChI=1S/C15H19NO2/c1-3-16-12-6-7-14(16)13-9-11(15(17)18-2)5-4-10(13)8-12/h4-5,9,12,14H,3,6-8H2,1-2H3. The van der Waals surface area contributed by atoms with E-state index in [4.69, 9.17) is 4.74 Å². The van der Waals surface area contributed by atoms with E-state index in [2.05, 4.69) is 17.9 Å². The Bertz CT molecular complexity index is 483. The molecule has 3 heteroatoms. The molecule has 0 N–H and O–H groups in total. The lowest BCUT2D eigenvalue weighted by Gasteiger charge is -2.35. The highest BCUT2D eigenvalue weighted by molar-refractivity contribution is 5.89. The third-order valence-corrected chi connectivity index (χ3v) is 4.39. The van der Waals surface area contributed by atoms with Gasteiger partial charge in [-0.1, -0.05) is 13.0 Å². The Morgan fingerprint density at radius 3 is 3.00 bits per heavy atom. The van der Waals surface area contributed by atoms with E-state index in [1.807, 2.05) is 12.1 Å². The predicted molar refractivity (Wildman–Crippen MR) is 69.6 cm³/mol. The SMILES string of the molecule is CCN1C2CCC1c1cc(C(=O)OC)ccc1C2. The molecular formula is C15H19NO2. The van der Waals surface area contributed by atoms with Crippen LogP contribution in [0.1, 0.15) is 47.3 Å². The van der Waals surface area contributed by atoms with Gasteiger partial charge in [-0.05, 0) is 49.1 Å². The van der Waals surface area contributed by atoms with Gasteiger partial charge in [0.25, 0.3) is 0 Å². The van der Waals surface area contributed by atoms with Crippen LogP contribution in [0.5, 0.6) is 0 Å². The van der Waals surface area contributed by atoms with Crippen molar-refractivity contribution >= 4 is 5.97 Å². The molecule has 2 unspecified atom stereocenters. The Labute approximate surface area is 108 Å². The van der Waals surface area contributed by atoms with Crippen molar-refractivity contribution in [1.29, 1.82) is 0 Å². The molecule has 2 aliphatic rings. The lowest BCUT2D eigenvalue weighted by Crippen LogP contribution is -2.37. The van der Waals surface area contributed by atoms with Crippen LogP contribution in [0.4, 0.5) is 0 Å². The summed E-state index contributed by atoms with van der Waals surface area (Å²) < 4.78 is 4.81. The van der Waals surface area contributed by atoms with Gasteiger partial charge in [0.1, 0.15) is 0 Å². The molecule has 2 bridgehead atoms. The third kappa shape index (κ3) is 1.65. The fraction of sp³-hybridized carbons (Fsp3) is 0.533. The van der Waals surface area contributed by atoms with Crippen LogP contribution >= 0.6 is 0 Å². The van der Waals surface area contributed by atoms with E-state index < -0.39 is 0 Å². The smallest absolute Gasteiger partial charge is 0.337 e. The van der Waals surface area contributed by atoms with Crippen molar-refractivity contribution in [3.05, 3.63) is 34.9 Å². The molecule has 1 fully saturated rings. The Hall–Kier alpha value is -1.35. The van der Waals surface area contributed by atoms with Gasteiger partial charge in [-0.15, -0.1) is 0 Å². The molecule has 0 saturated carbocycles. The number of hydrogen-bond acceptors (Lipinski definition) is 3. The maximum Gasteiger partial charge on any atom is 0.337 e. The highest BCUT2D eigenvalue weighted by Crippen LogP contribution is 2.43. The molecule has 18 heavy (non-hydrogen) atoms. The molecule has 3 rings (SSSR count). The molecule has 1 saturated heterocycles. The van der Waals surface area contributed by atoms with Gasteiger partial charge >= 0.3 is 5.97 Å². The van der Waals surface area contributed by atoms with Gasteiger partial charge in [0, 0.05) is 12.1 Å². The van der Waals surface area contributed by atoms with Crippen molar-refractivity contribution in [3.8, 4) is 0 Å². The summed E-state index contributed by atoms with van der Waals surface area (Å²) in [5.74, 6) is -0.235. The monoisotopic (exact) mass is 245 g/mol. The maximum atomic E-state index is 11.6. The van der Waals surface area contributed by atoms with Crippen LogP contribution in [0.25, 0.3) is 0 Å².